The molecule has 0 aliphatic heterocycles. The molecule has 16 rings (SSSR count). The maximum atomic E-state index is 2.46. The first kappa shape index (κ1) is 61.9. The number of hydrogen-bond acceptors (Lipinski definition) is 4. The highest BCUT2D eigenvalue weighted by Crippen LogP contribution is 2.52. The van der Waals surface area contributed by atoms with Crippen LogP contribution in [-0.4, -0.2) is 0 Å². The van der Waals surface area contributed by atoms with E-state index < -0.39 is 0 Å². The van der Waals surface area contributed by atoms with Crippen molar-refractivity contribution in [3.63, 3.8) is 0 Å². The van der Waals surface area contributed by atoms with Crippen molar-refractivity contribution in [1.82, 2.24) is 0 Å². The molecule has 4 nitrogen and oxygen atoms in total. The van der Waals surface area contributed by atoms with E-state index in [1.807, 2.05) is 0 Å². The lowest BCUT2D eigenvalue weighted by molar-refractivity contribution is 0.866. The average molecular weight is 1260 g/mol. The molecular weight excluding hydrogens is 1190 g/mol. The van der Waals surface area contributed by atoms with Crippen LogP contribution in [0, 0.1) is 0 Å². The van der Waals surface area contributed by atoms with E-state index in [1.54, 1.807) is 0 Å². The third kappa shape index (κ3) is 12.8. The molecular formula is C94H76N4. The zero-order valence-electron chi connectivity index (χ0n) is 55.7. The molecule has 0 aliphatic rings. The number of anilines is 12. The van der Waals surface area contributed by atoms with E-state index >= 15 is 0 Å². The van der Waals surface area contributed by atoms with Gasteiger partial charge in [-0.3, -0.25) is 0 Å². The molecule has 0 spiro atoms. The van der Waals surface area contributed by atoms with E-state index in [2.05, 4.69) is 423 Å². The van der Waals surface area contributed by atoms with Crippen LogP contribution in [0.2, 0.25) is 0 Å². The predicted octanol–water partition coefficient (Wildman–Crippen LogP) is 27.4. The molecule has 4 heteroatoms. The van der Waals surface area contributed by atoms with Gasteiger partial charge < -0.3 is 19.6 Å². The van der Waals surface area contributed by atoms with Gasteiger partial charge in [0.2, 0.25) is 0 Å². The summed E-state index contributed by atoms with van der Waals surface area (Å²) in [6.45, 7) is 9.01. The Hall–Kier alpha value is -12.2. The van der Waals surface area contributed by atoms with Crippen molar-refractivity contribution in [2.24, 2.45) is 0 Å². The van der Waals surface area contributed by atoms with E-state index in [0.29, 0.717) is 11.8 Å². The second-order valence-electron chi connectivity index (χ2n) is 25.7. The minimum atomic E-state index is 0.468. The fraction of sp³-hybridized carbons (Fsp3) is 0.0638. The fourth-order valence-electron chi connectivity index (χ4n) is 13.7. The second kappa shape index (κ2) is 28.0. The van der Waals surface area contributed by atoms with Gasteiger partial charge in [0.25, 0.3) is 0 Å². The third-order valence-electron chi connectivity index (χ3n) is 18.8. The van der Waals surface area contributed by atoms with Crippen LogP contribution < -0.4 is 19.6 Å². The Bertz CT molecular complexity index is 5040. The quantitative estimate of drug-likeness (QED) is 0.0706. The van der Waals surface area contributed by atoms with E-state index in [1.165, 1.54) is 87.8 Å². The van der Waals surface area contributed by atoms with Crippen LogP contribution in [0.15, 0.2) is 376 Å². The van der Waals surface area contributed by atoms with Crippen LogP contribution in [0.25, 0.3) is 65.3 Å². The number of fused-ring (bicyclic) bond motifs is 4. The van der Waals surface area contributed by atoms with Gasteiger partial charge in [-0.05, 0) is 188 Å². The molecule has 0 heterocycles. The largest absolute Gasteiger partial charge is 0.311 e. The molecule has 0 saturated heterocycles. The Balaban J connectivity index is 0.000000161. The number of hydrogen-bond donors (Lipinski definition) is 0. The van der Waals surface area contributed by atoms with Crippen molar-refractivity contribution in [3.8, 4) is 22.3 Å². The van der Waals surface area contributed by atoms with Crippen molar-refractivity contribution in [2.75, 3.05) is 19.6 Å². The molecule has 0 aromatic heterocycles. The van der Waals surface area contributed by atoms with E-state index in [-0.39, 0.29) is 0 Å². The van der Waals surface area contributed by atoms with Gasteiger partial charge in [0.1, 0.15) is 0 Å². The van der Waals surface area contributed by atoms with Crippen LogP contribution in [0.4, 0.5) is 68.2 Å². The first-order valence-corrected chi connectivity index (χ1v) is 34.1. The van der Waals surface area contributed by atoms with E-state index in [9.17, 15) is 0 Å². The summed E-state index contributed by atoms with van der Waals surface area (Å²) in [7, 11) is 0. The van der Waals surface area contributed by atoms with Crippen molar-refractivity contribution in [1.29, 1.82) is 0 Å². The van der Waals surface area contributed by atoms with E-state index in [4.69, 9.17) is 0 Å². The summed E-state index contributed by atoms with van der Waals surface area (Å²) in [5.74, 6) is 0.937. The fourth-order valence-corrected chi connectivity index (χ4v) is 13.7. The van der Waals surface area contributed by atoms with Gasteiger partial charge >= 0.3 is 0 Å². The zero-order valence-corrected chi connectivity index (χ0v) is 55.7. The van der Waals surface area contributed by atoms with Gasteiger partial charge in [0, 0.05) is 78.4 Å². The number of nitrogens with zero attached hydrogens (tertiary/aromatic N) is 4. The molecule has 0 radical (unpaired) electrons. The van der Waals surface area contributed by atoms with Crippen LogP contribution in [-0.2, 0) is 0 Å². The molecule has 0 N–H and O–H groups in total. The lowest BCUT2D eigenvalue weighted by atomic mass is 9.95. The molecule has 98 heavy (non-hydrogen) atoms. The Morgan fingerprint density at radius 1 is 0.173 bits per heavy atom. The van der Waals surface area contributed by atoms with Gasteiger partial charge in [-0.25, -0.2) is 0 Å². The minimum absolute atomic E-state index is 0.468. The monoisotopic (exact) mass is 1260 g/mol. The molecule has 0 fully saturated rings. The van der Waals surface area contributed by atoms with Crippen molar-refractivity contribution in [2.45, 2.75) is 39.5 Å². The Kier molecular flexibility index (Phi) is 17.7. The topological polar surface area (TPSA) is 13.0 Å². The summed E-state index contributed by atoms with van der Waals surface area (Å²) in [4.78, 5) is 9.56. The highest BCUT2D eigenvalue weighted by atomic mass is 15.2. The lowest BCUT2D eigenvalue weighted by Crippen LogP contribution is -2.14. The molecule has 0 bridgehead atoms. The van der Waals surface area contributed by atoms with Gasteiger partial charge in [-0.1, -0.05) is 282 Å². The van der Waals surface area contributed by atoms with Crippen LogP contribution >= 0.6 is 0 Å². The van der Waals surface area contributed by atoms with Gasteiger partial charge in [-0.2, -0.15) is 0 Å². The normalized spacial score (nSPS) is 11.2. The summed E-state index contributed by atoms with van der Waals surface area (Å²) in [5, 5.41) is 9.69. The smallest absolute Gasteiger partial charge is 0.0619 e. The summed E-state index contributed by atoms with van der Waals surface area (Å²) in [6.07, 6.45) is 0. The highest BCUT2D eigenvalue weighted by Gasteiger charge is 2.26. The van der Waals surface area contributed by atoms with Crippen molar-refractivity contribution < 1.29 is 0 Å². The average Bonchev–Trinajstić information content (AvgIpc) is 0.730. The lowest BCUT2D eigenvalue weighted by Gasteiger charge is -2.33. The Labute approximate surface area is 576 Å². The van der Waals surface area contributed by atoms with Crippen molar-refractivity contribution >= 4 is 111 Å². The number of rotatable bonds is 16. The highest BCUT2D eigenvalue weighted by molar-refractivity contribution is 6.23. The summed E-state index contributed by atoms with van der Waals surface area (Å²) < 4.78 is 0. The summed E-state index contributed by atoms with van der Waals surface area (Å²) in [6, 6.07) is 136. The van der Waals surface area contributed by atoms with Gasteiger partial charge in [0.05, 0.1) is 11.4 Å². The molecule has 16 aromatic carbocycles. The predicted molar refractivity (Wildman–Crippen MR) is 421 cm³/mol. The van der Waals surface area contributed by atoms with Crippen LogP contribution in [0.5, 0.6) is 0 Å². The maximum absolute atomic E-state index is 2.46. The molecule has 0 saturated carbocycles. The SMILES string of the molecule is CC(C)c1ccc(N(c2ccc(C(C)C)cc2)c2c3ccccc3c(N(c3ccccc3)c3ccccc3)c3ccccc23)cc1.c1ccc(-c2ccc(N(c3ccc(-c4ccccc4)cc3)c3ccc(N(c4ccc5ccccc5c4)c4ccc5ccccc5c4)cc3)cc2)cc1. The Morgan fingerprint density at radius 2 is 0.398 bits per heavy atom. The molecule has 0 aliphatic carbocycles. The first-order valence-electron chi connectivity index (χ1n) is 34.1. The first-order chi connectivity index (χ1) is 48.3. The van der Waals surface area contributed by atoms with Crippen LogP contribution in [0.3, 0.4) is 0 Å². The van der Waals surface area contributed by atoms with Crippen LogP contribution in [0.1, 0.15) is 50.7 Å². The summed E-state index contributed by atoms with van der Waals surface area (Å²) in [5.41, 5.74) is 21.0. The molecule has 472 valence electrons. The molecule has 0 atom stereocenters. The Morgan fingerprint density at radius 3 is 0.724 bits per heavy atom. The van der Waals surface area contributed by atoms with Gasteiger partial charge in [-0.15, -0.1) is 0 Å². The standard InChI is InChI=1S/C50H36N2.C44H40N2/c1-3-11-37(12-4-1)41-19-25-45(26-20-41)51(46-27-21-42(22-28-46)38-13-5-2-6-14-38)47-31-33-48(34-32-47)52(49-29-23-39-15-7-9-17-43(39)35-49)50-30-24-40-16-8-10-18-44(40)36-50;1-31(2)33-23-27-37(28-24-33)46(38-29-25-34(26-30-38)32(3)4)44-41-21-13-11-19-39(41)43(40-20-12-14-22-42(40)44)45(35-15-7-5-8-16-35)36-17-9-6-10-18-36/h1-36H;5-32H,1-4H3. The summed E-state index contributed by atoms with van der Waals surface area (Å²) >= 11 is 0. The molecule has 16 aromatic rings. The molecule has 0 unspecified atom stereocenters. The maximum Gasteiger partial charge on any atom is 0.0619 e. The van der Waals surface area contributed by atoms with Gasteiger partial charge in [0.15, 0.2) is 0 Å². The minimum Gasteiger partial charge on any atom is -0.311 e. The zero-order chi connectivity index (χ0) is 66.3. The van der Waals surface area contributed by atoms with E-state index in [0.717, 1.165) is 56.9 Å². The van der Waals surface area contributed by atoms with Crippen molar-refractivity contribution in [3.05, 3.63) is 387 Å². The molecule has 0 amide bonds. The number of para-hydroxylation sites is 2. The second-order valence-corrected chi connectivity index (χ2v) is 25.7. The third-order valence-corrected chi connectivity index (χ3v) is 18.8. The number of benzene rings is 16.